The molecule has 2 nitrogen and oxygen atoms in total. The van der Waals surface area contributed by atoms with Gasteiger partial charge in [0.25, 0.3) is 0 Å². The predicted molar refractivity (Wildman–Crippen MR) is 55.1 cm³/mol. The Morgan fingerprint density at radius 1 is 1.45 bits per heavy atom. The van der Waals surface area contributed by atoms with Crippen LogP contribution < -0.4 is 0 Å². The maximum absolute atomic E-state index is 5.80. The van der Waals surface area contributed by atoms with Crippen molar-refractivity contribution in [3.63, 3.8) is 0 Å². The Morgan fingerprint density at radius 2 is 2.27 bits per heavy atom. The first kappa shape index (κ1) is 7.70. The maximum Gasteiger partial charge on any atom is 0.122 e. The molecule has 56 valence electrons. The van der Waals surface area contributed by atoms with Crippen LogP contribution >= 0.6 is 45.5 Å². The number of nitrogens with zero attached hydrogens (tertiary/aromatic N) is 2. The summed E-state index contributed by atoms with van der Waals surface area (Å²) in [5, 5.41) is 0. The molecule has 2 aromatic heterocycles. The number of aromatic nitrogens is 2. The lowest BCUT2D eigenvalue weighted by Gasteiger charge is -1.88. The summed E-state index contributed by atoms with van der Waals surface area (Å²) >= 11 is 9.49. The summed E-state index contributed by atoms with van der Waals surface area (Å²) in [6, 6.07) is 1.85. The zero-order valence-electron chi connectivity index (χ0n) is 5.21. The summed E-state index contributed by atoms with van der Waals surface area (Å²) in [6.07, 6.45) is 1.55. The molecule has 0 aliphatic rings. The Kier molecular flexibility index (Phi) is 1.98. The van der Waals surface area contributed by atoms with Crippen LogP contribution in [0.1, 0.15) is 0 Å². The van der Waals surface area contributed by atoms with Gasteiger partial charge >= 0.3 is 0 Å². The van der Waals surface area contributed by atoms with Gasteiger partial charge in [-0.1, -0.05) is 11.6 Å². The molecular weight excluding hydrogens is 295 g/mol. The molecule has 0 spiro atoms. The summed E-state index contributed by atoms with van der Waals surface area (Å²) in [5.41, 5.74) is 0.930. The molecule has 0 aliphatic carbocycles. The number of thiophene rings is 1. The fourth-order valence-corrected chi connectivity index (χ4v) is 2.58. The summed E-state index contributed by atoms with van der Waals surface area (Å²) in [4.78, 5) is 8.12. The smallest absolute Gasteiger partial charge is 0.122 e. The first-order chi connectivity index (χ1) is 5.27. The van der Waals surface area contributed by atoms with E-state index in [1.54, 1.807) is 6.33 Å². The molecule has 2 heterocycles. The van der Waals surface area contributed by atoms with Gasteiger partial charge in [0, 0.05) is 0 Å². The van der Waals surface area contributed by atoms with E-state index in [1.807, 2.05) is 6.07 Å². The van der Waals surface area contributed by atoms with Crippen LogP contribution in [0.2, 0.25) is 4.34 Å². The Bertz CT molecular complexity index is 400. The van der Waals surface area contributed by atoms with Crippen LogP contribution in [0.4, 0.5) is 0 Å². The third-order valence-electron chi connectivity index (χ3n) is 1.24. The highest BCUT2D eigenvalue weighted by atomic mass is 127. The molecule has 2 rings (SSSR count). The van der Waals surface area contributed by atoms with Crippen LogP contribution in [0.15, 0.2) is 12.4 Å². The van der Waals surface area contributed by atoms with Crippen LogP contribution in [0.3, 0.4) is 0 Å². The van der Waals surface area contributed by atoms with Crippen LogP contribution in [-0.2, 0) is 0 Å². The largest absolute Gasteiger partial charge is 0.235 e. The molecule has 2 aromatic rings. The molecule has 0 unspecified atom stereocenters. The predicted octanol–water partition coefficient (Wildman–Crippen LogP) is 2.95. The van der Waals surface area contributed by atoms with E-state index in [1.165, 1.54) is 11.3 Å². The molecular formula is C6H2ClIN2S. The third kappa shape index (κ3) is 1.34. The van der Waals surface area contributed by atoms with E-state index in [-0.39, 0.29) is 0 Å². The molecule has 0 fully saturated rings. The van der Waals surface area contributed by atoms with E-state index in [0.29, 0.717) is 0 Å². The van der Waals surface area contributed by atoms with Crippen molar-refractivity contribution >= 4 is 55.7 Å². The second kappa shape index (κ2) is 2.84. The maximum atomic E-state index is 5.80. The van der Waals surface area contributed by atoms with E-state index in [4.69, 9.17) is 11.6 Å². The SMILES string of the molecule is Clc1cc2ncnc(I)c2s1. The molecule has 0 saturated carbocycles. The molecule has 0 saturated heterocycles. The lowest BCUT2D eigenvalue weighted by molar-refractivity contribution is 1.20. The van der Waals surface area contributed by atoms with E-state index in [9.17, 15) is 0 Å². The van der Waals surface area contributed by atoms with Crippen molar-refractivity contribution in [2.24, 2.45) is 0 Å². The Morgan fingerprint density at radius 3 is 3.00 bits per heavy atom. The monoisotopic (exact) mass is 296 g/mol. The summed E-state index contributed by atoms with van der Waals surface area (Å²) in [7, 11) is 0. The Balaban J connectivity index is 2.90. The van der Waals surface area contributed by atoms with Crippen molar-refractivity contribution < 1.29 is 0 Å². The standard InChI is InChI=1S/C6H2ClIN2S/c7-4-1-3-5(11-4)6(8)10-2-9-3/h1-2H. The normalized spacial score (nSPS) is 10.7. The second-order valence-corrected chi connectivity index (χ2v) is 4.63. The van der Waals surface area contributed by atoms with Gasteiger partial charge < -0.3 is 0 Å². The van der Waals surface area contributed by atoms with Crippen LogP contribution in [0.5, 0.6) is 0 Å². The number of rotatable bonds is 0. The molecule has 0 aromatic carbocycles. The average Bonchev–Trinajstić information content (AvgIpc) is 2.31. The minimum Gasteiger partial charge on any atom is -0.235 e. The highest BCUT2D eigenvalue weighted by Gasteiger charge is 2.03. The summed E-state index contributed by atoms with van der Waals surface area (Å²) < 4.78 is 2.79. The Hall–Kier alpha value is 0.0600. The van der Waals surface area contributed by atoms with Crippen molar-refractivity contribution in [2.75, 3.05) is 0 Å². The summed E-state index contributed by atoms with van der Waals surface area (Å²) in [6.45, 7) is 0. The zero-order valence-corrected chi connectivity index (χ0v) is 8.94. The molecule has 11 heavy (non-hydrogen) atoms. The van der Waals surface area contributed by atoms with E-state index >= 15 is 0 Å². The molecule has 5 heteroatoms. The van der Waals surface area contributed by atoms with E-state index in [0.717, 1.165) is 18.3 Å². The van der Waals surface area contributed by atoms with Crippen molar-refractivity contribution in [3.05, 3.63) is 20.4 Å². The fraction of sp³-hybridized carbons (Fsp3) is 0. The van der Waals surface area contributed by atoms with Gasteiger partial charge in [-0.2, -0.15) is 0 Å². The third-order valence-corrected chi connectivity index (χ3v) is 3.68. The van der Waals surface area contributed by atoms with E-state index < -0.39 is 0 Å². The van der Waals surface area contributed by atoms with Crippen LogP contribution in [0, 0.1) is 3.70 Å². The molecule has 0 radical (unpaired) electrons. The molecule has 0 bridgehead atoms. The quantitative estimate of drug-likeness (QED) is 0.552. The van der Waals surface area contributed by atoms with Crippen molar-refractivity contribution in [3.8, 4) is 0 Å². The van der Waals surface area contributed by atoms with Gasteiger partial charge in [-0.15, -0.1) is 11.3 Å². The fourth-order valence-electron chi connectivity index (χ4n) is 0.796. The average molecular weight is 297 g/mol. The Labute approximate surface area is 85.8 Å². The van der Waals surface area contributed by atoms with E-state index in [2.05, 4.69) is 32.6 Å². The van der Waals surface area contributed by atoms with Crippen LogP contribution in [0.25, 0.3) is 10.2 Å². The van der Waals surface area contributed by atoms with Gasteiger partial charge in [0.2, 0.25) is 0 Å². The molecule has 0 atom stereocenters. The lowest BCUT2D eigenvalue weighted by atomic mass is 10.5. The number of hydrogen-bond donors (Lipinski definition) is 0. The van der Waals surface area contributed by atoms with Crippen molar-refractivity contribution in [1.29, 1.82) is 0 Å². The van der Waals surface area contributed by atoms with Crippen molar-refractivity contribution in [1.82, 2.24) is 9.97 Å². The zero-order chi connectivity index (χ0) is 7.84. The highest BCUT2D eigenvalue weighted by Crippen LogP contribution is 2.29. The topological polar surface area (TPSA) is 25.8 Å². The lowest BCUT2D eigenvalue weighted by Crippen LogP contribution is -1.80. The minimum absolute atomic E-state index is 0.762. The summed E-state index contributed by atoms with van der Waals surface area (Å²) in [5.74, 6) is 0. The number of fused-ring (bicyclic) bond motifs is 1. The first-order valence-corrected chi connectivity index (χ1v) is 5.10. The van der Waals surface area contributed by atoms with Gasteiger partial charge in [0.05, 0.1) is 14.6 Å². The van der Waals surface area contributed by atoms with Gasteiger partial charge in [0.15, 0.2) is 0 Å². The minimum atomic E-state index is 0.762. The first-order valence-electron chi connectivity index (χ1n) is 2.83. The highest BCUT2D eigenvalue weighted by molar-refractivity contribution is 14.1. The second-order valence-electron chi connectivity index (χ2n) is 1.93. The molecule has 0 N–H and O–H groups in total. The van der Waals surface area contributed by atoms with Crippen LogP contribution in [-0.4, -0.2) is 9.97 Å². The molecule has 0 aliphatic heterocycles. The number of hydrogen-bond acceptors (Lipinski definition) is 3. The van der Waals surface area contributed by atoms with Gasteiger partial charge in [-0.05, 0) is 28.7 Å². The van der Waals surface area contributed by atoms with Gasteiger partial charge in [-0.3, -0.25) is 0 Å². The van der Waals surface area contributed by atoms with Crippen molar-refractivity contribution in [2.45, 2.75) is 0 Å². The number of halogens is 2. The van der Waals surface area contributed by atoms with Gasteiger partial charge in [0.1, 0.15) is 10.0 Å². The van der Waals surface area contributed by atoms with Gasteiger partial charge in [-0.25, -0.2) is 9.97 Å². The molecule has 0 amide bonds.